The Morgan fingerprint density at radius 3 is 2.89 bits per heavy atom. The lowest BCUT2D eigenvalue weighted by Gasteiger charge is -2.07. The molecule has 0 bridgehead atoms. The summed E-state index contributed by atoms with van der Waals surface area (Å²) in [7, 11) is 0. The first-order valence-electron chi connectivity index (χ1n) is 6.22. The molecule has 0 saturated carbocycles. The van der Waals surface area contributed by atoms with Crippen LogP contribution in [0.1, 0.15) is 18.9 Å². The number of hydrogen-bond acceptors (Lipinski definition) is 4. The summed E-state index contributed by atoms with van der Waals surface area (Å²) in [6, 6.07) is 6.42. The summed E-state index contributed by atoms with van der Waals surface area (Å²) in [6.45, 7) is 4.12. The Hall–Kier alpha value is -0.910. The van der Waals surface area contributed by atoms with Gasteiger partial charge in [-0.2, -0.15) is 0 Å². The van der Waals surface area contributed by atoms with Crippen LogP contribution >= 0.6 is 27.7 Å². The average molecular weight is 338 g/mol. The topological polar surface area (TPSA) is 37.8 Å². The molecule has 100 valence electrons. The van der Waals surface area contributed by atoms with Gasteiger partial charge in [-0.25, -0.2) is 4.98 Å². The maximum absolute atomic E-state index is 4.27. The lowest BCUT2D eigenvalue weighted by Crippen LogP contribution is -2.13. The fraction of sp³-hybridized carbons (Fsp3) is 0.286. The molecule has 0 aliphatic heterocycles. The number of aromatic nitrogens is 2. The Bertz CT molecular complexity index is 519. The molecule has 0 atom stereocenters. The van der Waals surface area contributed by atoms with Gasteiger partial charge in [0.25, 0.3) is 0 Å². The van der Waals surface area contributed by atoms with Crippen LogP contribution in [-0.2, 0) is 6.54 Å². The van der Waals surface area contributed by atoms with E-state index in [0.717, 1.165) is 33.9 Å². The molecule has 0 aliphatic rings. The summed E-state index contributed by atoms with van der Waals surface area (Å²) in [6.07, 6.45) is 6.32. The summed E-state index contributed by atoms with van der Waals surface area (Å²) >= 11 is 5.23. The minimum atomic E-state index is 0.903. The molecule has 1 aromatic heterocycles. The summed E-state index contributed by atoms with van der Waals surface area (Å²) in [5.74, 6) is 0. The zero-order chi connectivity index (χ0) is 13.5. The third-order valence-electron chi connectivity index (χ3n) is 2.51. The minimum absolute atomic E-state index is 0.903. The van der Waals surface area contributed by atoms with Gasteiger partial charge in [-0.1, -0.05) is 24.8 Å². The fourth-order valence-corrected chi connectivity index (χ4v) is 3.01. The van der Waals surface area contributed by atoms with E-state index < -0.39 is 0 Å². The smallest absolute Gasteiger partial charge is 0.119 e. The van der Waals surface area contributed by atoms with Crippen molar-refractivity contribution in [2.45, 2.75) is 29.8 Å². The zero-order valence-corrected chi connectivity index (χ0v) is 13.2. The average Bonchev–Trinajstić information content (AvgIpc) is 2.43. The molecular formula is C14H16BrN3S. The van der Waals surface area contributed by atoms with Crippen LogP contribution in [0.15, 0.2) is 51.2 Å². The maximum Gasteiger partial charge on any atom is 0.119 e. The molecule has 0 unspecified atom stereocenters. The Morgan fingerprint density at radius 1 is 1.32 bits per heavy atom. The highest BCUT2D eigenvalue weighted by Crippen LogP contribution is 2.32. The second-order valence-corrected chi connectivity index (χ2v) is 6.00. The quantitative estimate of drug-likeness (QED) is 0.811. The van der Waals surface area contributed by atoms with Crippen LogP contribution in [0.3, 0.4) is 0 Å². The van der Waals surface area contributed by atoms with Crippen LogP contribution in [0.4, 0.5) is 0 Å². The third kappa shape index (κ3) is 4.60. The lowest BCUT2D eigenvalue weighted by molar-refractivity contribution is 0.675. The zero-order valence-electron chi connectivity index (χ0n) is 10.8. The van der Waals surface area contributed by atoms with Gasteiger partial charge in [-0.3, -0.25) is 4.98 Å². The van der Waals surface area contributed by atoms with Crippen molar-refractivity contribution < 1.29 is 0 Å². The highest BCUT2D eigenvalue weighted by molar-refractivity contribution is 9.10. The maximum atomic E-state index is 4.27. The molecule has 0 saturated heterocycles. The first-order valence-corrected chi connectivity index (χ1v) is 7.83. The second kappa shape index (κ2) is 7.62. The van der Waals surface area contributed by atoms with Gasteiger partial charge in [0.2, 0.25) is 0 Å². The Kier molecular flexibility index (Phi) is 5.82. The summed E-state index contributed by atoms with van der Waals surface area (Å²) in [4.78, 5) is 9.49. The lowest BCUT2D eigenvalue weighted by atomic mass is 10.2. The van der Waals surface area contributed by atoms with E-state index in [2.05, 4.69) is 56.3 Å². The van der Waals surface area contributed by atoms with Crippen molar-refractivity contribution in [2.24, 2.45) is 0 Å². The SMILES string of the molecule is CCCNCc1ccc(Sc2cnccn2)c(Br)c1. The van der Waals surface area contributed by atoms with Gasteiger partial charge >= 0.3 is 0 Å². The van der Waals surface area contributed by atoms with E-state index in [-0.39, 0.29) is 0 Å². The van der Waals surface area contributed by atoms with E-state index in [1.165, 1.54) is 5.56 Å². The Morgan fingerprint density at radius 2 is 2.21 bits per heavy atom. The monoisotopic (exact) mass is 337 g/mol. The van der Waals surface area contributed by atoms with Crippen molar-refractivity contribution in [3.8, 4) is 0 Å². The first kappa shape index (κ1) is 14.5. The predicted octanol–water partition coefficient (Wildman–Crippen LogP) is 3.89. The summed E-state index contributed by atoms with van der Waals surface area (Å²) in [5, 5.41) is 4.30. The van der Waals surface area contributed by atoms with Crippen LogP contribution in [-0.4, -0.2) is 16.5 Å². The third-order valence-corrected chi connectivity index (χ3v) is 4.42. The molecule has 19 heavy (non-hydrogen) atoms. The Labute approximate surface area is 126 Å². The normalized spacial score (nSPS) is 10.6. The fourth-order valence-electron chi connectivity index (χ4n) is 1.60. The molecule has 3 nitrogen and oxygen atoms in total. The highest BCUT2D eigenvalue weighted by atomic mass is 79.9. The molecule has 0 fully saturated rings. The van der Waals surface area contributed by atoms with Crippen molar-refractivity contribution in [3.63, 3.8) is 0 Å². The summed E-state index contributed by atoms with van der Waals surface area (Å²) < 4.78 is 1.10. The van der Waals surface area contributed by atoms with Crippen molar-refractivity contribution in [1.29, 1.82) is 0 Å². The molecule has 1 aromatic carbocycles. The van der Waals surface area contributed by atoms with Gasteiger partial charge in [0, 0.05) is 28.3 Å². The molecule has 0 amide bonds. The number of rotatable bonds is 6. The van der Waals surface area contributed by atoms with Crippen LogP contribution < -0.4 is 5.32 Å². The van der Waals surface area contributed by atoms with E-state index in [4.69, 9.17) is 0 Å². The van der Waals surface area contributed by atoms with E-state index in [1.54, 1.807) is 30.4 Å². The van der Waals surface area contributed by atoms with Gasteiger partial charge in [-0.05, 0) is 46.6 Å². The van der Waals surface area contributed by atoms with Crippen LogP contribution in [0.25, 0.3) is 0 Å². The number of hydrogen-bond donors (Lipinski definition) is 1. The molecule has 2 rings (SSSR count). The van der Waals surface area contributed by atoms with E-state index in [9.17, 15) is 0 Å². The van der Waals surface area contributed by atoms with E-state index in [1.807, 2.05) is 0 Å². The van der Waals surface area contributed by atoms with E-state index in [0.29, 0.717) is 0 Å². The van der Waals surface area contributed by atoms with Gasteiger partial charge < -0.3 is 5.32 Å². The van der Waals surface area contributed by atoms with Crippen LogP contribution in [0, 0.1) is 0 Å². The van der Waals surface area contributed by atoms with E-state index >= 15 is 0 Å². The van der Waals surface area contributed by atoms with Crippen molar-refractivity contribution in [3.05, 3.63) is 46.8 Å². The molecule has 0 aliphatic carbocycles. The van der Waals surface area contributed by atoms with Crippen molar-refractivity contribution >= 4 is 27.7 Å². The molecule has 1 N–H and O–H groups in total. The molecule has 1 heterocycles. The second-order valence-electron chi connectivity index (χ2n) is 4.09. The van der Waals surface area contributed by atoms with Crippen LogP contribution in [0.5, 0.6) is 0 Å². The summed E-state index contributed by atoms with van der Waals surface area (Å²) in [5.41, 5.74) is 1.28. The van der Waals surface area contributed by atoms with Crippen molar-refractivity contribution in [1.82, 2.24) is 15.3 Å². The first-order chi connectivity index (χ1) is 9.29. The molecular weight excluding hydrogens is 322 g/mol. The highest BCUT2D eigenvalue weighted by Gasteiger charge is 2.04. The number of benzene rings is 1. The minimum Gasteiger partial charge on any atom is -0.313 e. The largest absolute Gasteiger partial charge is 0.313 e. The molecule has 2 aromatic rings. The molecule has 0 spiro atoms. The number of halogens is 1. The van der Waals surface area contributed by atoms with Crippen LogP contribution in [0.2, 0.25) is 0 Å². The molecule has 5 heteroatoms. The van der Waals surface area contributed by atoms with Gasteiger partial charge in [0.1, 0.15) is 5.03 Å². The number of nitrogens with zero attached hydrogens (tertiary/aromatic N) is 2. The van der Waals surface area contributed by atoms with Gasteiger partial charge in [0.15, 0.2) is 0 Å². The Balaban J connectivity index is 2.03. The van der Waals surface area contributed by atoms with Crippen molar-refractivity contribution in [2.75, 3.05) is 6.54 Å². The molecule has 0 radical (unpaired) electrons. The number of nitrogens with one attached hydrogen (secondary N) is 1. The standard InChI is InChI=1S/C14H16BrN3S/c1-2-5-16-9-11-3-4-13(12(15)8-11)19-14-10-17-6-7-18-14/h3-4,6-8,10,16H,2,5,9H2,1H3. The van der Waals surface area contributed by atoms with Gasteiger partial charge in [-0.15, -0.1) is 0 Å². The van der Waals surface area contributed by atoms with Gasteiger partial charge in [0.05, 0.1) is 6.20 Å². The predicted molar refractivity (Wildman–Crippen MR) is 82.3 cm³/mol.